The minimum absolute atomic E-state index is 0.0198. The van der Waals surface area contributed by atoms with Gasteiger partial charge in [-0.1, -0.05) is 44.2 Å². The molecule has 0 saturated carbocycles. The SMILES string of the molecule is CCn1cc([C@@H](CC(=O)NCC(C)C)c2ccc(F)cc2)c2ccccc21. The number of aryl methyl sites for hydroxylation is 1. The number of fused-ring (bicyclic) bond motifs is 1. The van der Waals surface area contributed by atoms with E-state index in [0.29, 0.717) is 18.9 Å². The molecule has 1 N–H and O–H groups in total. The van der Waals surface area contributed by atoms with Crippen LogP contribution in [0.4, 0.5) is 4.39 Å². The molecule has 0 saturated heterocycles. The first-order valence-electron chi connectivity index (χ1n) is 9.59. The first kappa shape index (κ1) is 19.2. The molecule has 4 heteroatoms. The van der Waals surface area contributed by atoms with Crippen LogP contribution >= 0.6 is 0 Å². The van der Waals surface area contributed by atoms with Gasteiger partial charge in [-0.15, -0.1) is 0 Å². The van der Waals surface area contributed by atoms with Gasteiger partial charge < -0.3 is 9.88 Å². The molecule has 27 heavy (non-hydrogen) atoms. The number of nitrogens with one attached hydrogen (secondary N) is 1. The first-order valence-corrected chi connectivity index (χ1v) is 9.59. The van der Waals surface area contributed by atoms with E-state index in [9.17, 15) is 9.18 Å². The molecule has 1 atom stereocenters. The Kier molecular flexibility index (Phi) is 5.94. The molecule has 2 aromatic carbocycles. The fraction of sp³-hybridized carbons (Fsp3) is 0.348. The van der Waals surface area contributed by atoms with Crippen LogP contribution in [0.25, 0.3) is 10.9 Å². The number of amides is 1. The lowest BCUT2D eigenvalue weighted by Crippen LogP contribution is -2.28. The highest BCUT2D eigenvalue weighted by atomic mass is 19.1. The summed E-state index contributed by atoms with van der Waals surface area (Å²) in [4.78, 5) is 12.6. The summed E-state index contributed by atoms with van der Waals surface area (Å²) in [6.07, 6.45) is 2.48. The number of aromatic nitrogens is 1. The maximum atomic E-state index is 13.5. The highest BCUT2D eigenvalue weighted by Gasteiger charge is 2.22. The number of rotatable bonds is 7. The Bertz CT molecular complexity index is 912. The van der Waals surface area contributed by atoms with Gasteiger partial charge in [0.05, 0.1) is 0 Å². The zero-order valence-corrected chi connectivity index (χ0v) is 16.2. The molecule has 0 bridgehead atoms. The molecule has 0 spiro atoms. The van der Waals surface area contributed by atoms with E-state index < -0.39 is 0 Å². The van der Waals surface area contributed by atoms with Crippen LogP contribution in [0.5, 0.6) is 0 Å². The maximum Gasteiger partial charge on any atom is 0.220 e. The lowest BCUT2D eigenvalue weighted by molar-refractivity contribution is -0.121. The normalized spacial score (nSPS) is 12.5. The van der Waals surface area contributed by atoms with Crippen molar-refractivity contribution in [2.24, 2.45) is 5.92 Å². The van der Waals surface area contributed by atoms with Gasteiger partial charge in [0.25, 0.3) is 0 Å². The second-order valence-corrected chi connectivity index (χ2v) is 7.39. The van der Waals surface area contributed by atoms with Gasteiger partial charge in [0.15, 0.2) is 0 Å². The topological polar surface area (TPSA) is 34.0 Å². The average Bonchev–Trinajstić information content (AvgIpc) is 3.04. The summed E-state index contributed by atoms with van der Waals surface area (Å²) in [6, 6.07) is 14.7. The van der Waals surface area contributed by atoms with Crippen LogP contribution in [-0.2, 0) is 11.3 Å². The van der Waals surface area contributed by atoms with Crippen molar-refractivity contribution >= 4 is 16.8 Å². The van der Waals surface area contributed by atoms with Crippen LogP contribution in [0.3, 0.4) is 0 Å². The van der Waals surface area contributed by atoms with Crippen molar-refractivity contribution in [2.45, 2.75) is 39.7 Å². The molecule has 0 aliphatic carbocycles. The Labute approximate surface area is 160 Å². The molecule has 1 amide bonds. The molecule has 1 heterocycles. The molecule has 1 aromatic heterocycles. The first-order chi connectivity index (χ1) is 13.0. The molecule has 0 radical (unpaired) electrons. The third kappa shape index (κ3) is 4.38. The fourth-order valence-electron chi connectivity index (χ4n) is 3.49. The third-order valence-corrected chi connectivity index (χ3v) is 4.90. The zero-order valence-electron chi connectivity index (χ0n) is 16.2. The van der Waals surface area contributed by atoms with Gasteiger partial charge in [0.2, 0.25) is 5.91 Å². The van der Waals surface area contributed by atoms with Crippen molar-refractivity contribution in [1.29, 1.82) is 0 Å². The maximum absolute atomic E-state index is 13.5. The van der Waals surface area contributed by atoms with Gasteiger partial charge in [0.1, 0.15) is 5.82 Å². The van der Waals surface area contributed by atoms with Gasteiger partial charge in [-0.05, 0) is 42.2 Å². The Balaban J connectivity index is 2.02. The van der Waals surface area contributed by atoms with E-state index in [1.165, 1.54) is 12.1 Å². The quantitative estimate of drug-likeness (QED) is 0.620. The molecular formula is C23H27FN2O. The van der Waals surface area contributed by atoms with Crippen molar-refractivity contribution in [2.75, 3.05) is 6.54 Å². The van der Waals surface area contributed by atoms with E-state index in [4.69, 9.17) is 0 Å². The molecule has 3 aromatic rings. The summed E-state index contributed by atoms with van der Waals surface area (Å²) >= 11 is 0. The van der Waals surface area contributed by atoms with Crippen molar-refractivity contribution in [3.63, 3.8) is 0 Å². The number of hydrogen-bond donors (Lipinski definition) is 1. The molecule has 142 valence electrons. The molecular weight excluding hydrogens is 339 g/mol. The summed E-state index contributed by atoms with van der Waals surface area (Å²) < 4.78 is 15.7. The van der Waals surface area contributed by atoms with Crippen LogP contribution in [0.15, 0.2) is 54.7 Å². The van der Waals surface area contributed by atoms with Crippen molar-refractivity contribution in [3.8, 4) is 0 Å². The Morgan fingerprint density at radius 2 is 1.81 bits per heavy atom. The second kappa shape index (κ2) is 8.38. The van der Waals surface area contributed by atoms with E-state index >= 15 is 0 Å². The number of para-hydroxylation sites is 1. The van der Waals surface area contributed by atoms with Crippen molar-refractivity contribution < 1.29 is 9.18 Å². The van der Waals surface area contributed by atoms with Gasteiger partial charge in [0, 0.05) is 42.5 Å². The lowest BCUT2D eigenvalue weighted by atomic mass is 9.88. The van der Waals surface area contributed by atoms with Gasteiger partial charge in [-0.3, -0.25) is 4.79 Å². The molecule has 3 rings (SSSR count). The van der Waals surface area contributed by atoms with E-state index in [2.05, 4.69) is 49.0 Å². The van der Waals surface area contributed by atoms with Crippen LogP contribution in [-0.4, -0.2) is 17.0 Å². The van der Waals surface area contributed by atoms with E-state index in [1.54, 1.807) is 12.1 Å². The average molecular weight is 366 g/mol. The Hall–Kier alpha value is -2.62. The van der Waals surface area contributed by atoms with Gasteiger partial charge in [-0.25, -0.2) is 4.39 Å². The predicted octanol–water partition coefficient (Wildman–Crippen LogP) is 5.09. The Morgan fingerprint density at radius 1 is 1.11 bits per heavy atom. The number of halogens is 1. The van der Waals surface area contributed by atoms with Gasteiger partial charge in [-0.2, -0.15) is 0 Å². The van der Waals surface area contributed by atoms with Crippen LogP contribution < -0.4 is 5.32 Å². The predicted molar refractivity (Wildman–Crippen MR) is 108 cm³/mol. The number of carbonyl (C=O) groups excluding carboxylic acids is 1. The summed E-state index contributed by atoms with van der Waals surface area (Å²) in [7, 11) is 0. The monoisotopic (exact) mass is 366 g/mol. The van der Waals surface area contributed by atoms with Gasteiger partial charge >= 0.3 is 0 Å². The summed E-state index contributed by atoms with van der Waals surface area (Å²) in [6.45, 7) is 7.78. The van der Waals surface area contributed by atoms with Crippen LogP contribution in [0.1, 0.15) is 44.2 Å². The number of carbonyl (C=O) groups is 1. The second-order valence-electron chi connectivity index (χ2n) is 7.39. The minimum atomic E-state index is -0.266. The van der Waals surface area contributed by atoms with Crippen molar-refractivity contribution in [3.05, 3.63) is 71.7 Å². The molecule has 0 fully saturated rings. The molecule has 0 aliphatic heterocycles. The van der Waals surface area contributed by atoms with Crippen molar-refractivity contribution in [1.82, 2.24) is 9.88 Å². The number of nitrogens with zero attached hydrogens (tertiary/aromatic N) is 1. The highest BCUT2D eigenvalue weighted by Crippen LogP contribution is 2.34. The van der Waals surface area contributed by atoms with Crippen LogP contribution in [0, 0.1) is 11.7 Å². The highest BCUT2D eigenvalue weighted by molar-refractivity contribution is 5.86. The number of benzene rings is 2. The standard InChI is InChI=1S/C23H27FN2O/c1-4-26-15-21(19-7-5-6-8-22(19)26)20(13-23(27)25-14-16(2)3)17-9-11-18(24)12-10-17/h5-12,15-16,20H,4,13-14H2,1-3H3,(H,25,27)/t20-/m0/s1. The van der Waals surface area contributed by atoms with E-state index in [-0.39, 0.29) is 17.6 Å². The largest absolute Gasteiger partial charge is 0.356 e. The zero-order chi connectivity index (χ0) is 19.4. The summed E-state index contributed by atoms with van der Waals surface area (Å²) in [5.74, 6) is 0.0415. The molecule has 0 unspecified atom stereocenters. The van der Waals surface area contributed by atoms with E-state index in [1.807, 2.05) is 12.1 Å². The minimum Gasteiger partial charge on any atom is -0.356 e. The van der Waals surface area contributed by atoms with E-state index in [0.717, 1.165) is 28.6 Å². The molecule has 0 aliphatic rings. The summed E-state index contributed by atoms with van der Waals surface area (Å²) in [5.41, 5.74) is 3.22. The smallest absolute Gasteiger partial charge is 0.220 e. The lowest BCUT2D eigenvalue weighted by Gasteiger charge is -2.18. The molecule has 3 nitrogen and oxygen atoms in total. The fourth-order valence-corrected chi connectivity index (χ4v) is 3.49. The summed E-state index contributed by atoms with van der Waals surface area (Å²) in [5, 5.41) is 4.16. The Morgan fingerprint density at radius 3 is 2.48 bits per heavy atom. The number of hydrogen-bond acceptors (Lipinski definition) is 1. The third-order valence-electron chi connectivity index (χ3n) is 4.90. The van der Waals surface area contributed by atoms with Crippen LogP contribution in [0.2, 0.25) is 0 Å².